The van der Waals surface area contributed by atoms with E-state index in [1.807, 2.05) is 6.07 Å². The van der Waals surface area contributed by atoms with E-state index >= 15 is 0 Å². The molecule has 3 heteroatoms. The molecule has 0 bridgehead atoms. The van der Waals surface area contributed by atoms with Crippen LogP contribution in [0, 0.1) is 5.92 Å². The van der Waals surface area contributed by atoms with Crippen LogP contribution in [0.3, 0.4) is 0 Å². The van der Waals surface area contributed by atoms with E-state index in [1.54, 1.807) is 7.05 Å². The van der Waals surface area contributed by atoms with Gasteiger partial charge in [-0.05, 0) is 11.6 Å². The van der Waals surface area contributed by atoms with Gasteiger partial charge in [-0.2, -0.15) is 0 Å². The number of nitrogens with zero attached hydrogens (tertiary/aromatic N) is 1. The van der Waals surface area contributed by atoms with E-state index in [0.29, 0.717) is 0 Å². The van der Waals surface area contributed by atoms with E-state index in [0.717, 1.165) is 19.5 Å². The fourth-order valence-electron chi connectivity index (χ4n) is 2.86. The number of fused-ring (bicyclic) bond motifs is 2. The molecule has 0 spiro atoms. The van der Waals surface area contributed by atoms with Crippen molar-refractivity contribution in [2.24, 2.45) is 5.92 Å². The van der Waals surface area contributed by atoms with Crippen molar-refractivity contribution >= 4 is 17.7 Å². The maximum Gasteiger partial charge on any atom is 0.228 e. The van der Waals surface area contributed by atoms with Crippen LogP contribution in [-0.4, -0.2) is 30.9 Å². The normalized spacial score (nSPS) is 21.6. The number of nitrogens with one attached hydrogen (secondary N) is 1. The van der Waals surface area contributed by atoms with Gasteiger partial charge in [0.15, 0.2) is 0 Å². The summed E-state index contributed by atoms with van der Waals surface area (Å²) in [6, 6.07) is 8.34. The number of hydrogen-bond donors (Lipinski definition) is 1. The SMILES string of the molecule is CNC(=O)C1CCN2CC=c3ccccc3=C12. The second-order valence-electron chi connectivity index (χ2n) is 4.58. The minimum atomic E-state index is 0.0230. The Balaban J connectivity index is 2.22. The molecule has 0 aliphatic carbocycles. The molecule has 0 saturated carbocycles. The molecule has 1 aromatic carbocycles. The van der Waals surface area contributed by atoms with Crippen LogP contribution < -0.4 is 15.8 Å². The molecule has 3 rings (SSSR count). The summed E-state index contributed by atoms with van der Waals surface area (Å²) in [4.78, 5) is 14.2. The lowest BCUT2D eigenvalue weighted by Gasteiger charge is -2.23. The molecule has 88 valence electrons. The van der Waals surface area contributed by atoms with Crippen molar-refractivity contribution in [2.45, 2.75) is 6.42 Å². The highest BCUT2D eigenvalue weighted by Gasteiger charge is 2.33. The zero-order valence-corrected chi connectivity index (χ0v) is 9.94. The Morgan fingerprint density at radius 1 is 1.41 bits per heavy atom. The van der Waals surface area contributed by atoms with Gasteiger partial charge in [0, 0.05) is 31.1 Å². The third-order valence-electron chi connectivity index (χ3n) is 3.69. The second kappa shape index (κ2) is 3.91. The average molecular weight is 228 g/mol. The van der Waals surface area contributed by atoms with E-state index in [2.05, 4.69) is 34.5 Å². The van der Waals surface area contributed by atoms with Gasteiger partial charge in [0.05, 0.1) is 5.92 Å². The molecule has 1 aromatic rings. The molecule has 1 N–H and O–H groups in total. The van der Waals surface area contributed by atoms with Crippen LogP contribution in [0.15, 0.2) is 24.3 Å². The van der Waals surface area contributed by atoms with Crippen molar-refractivity contribution in [2.75, 3.05) is 20.1 Å². The van der Waals surface area contributed by atoms with Gasteiger partial charge >= 0.3 is 0 Å². The number of hydrogen-bond acceptors (Lipinski definition) is 2. The first-order chi connectivity index (χ1) is 8.31. The molecule has 0 aromatic heterocycles. The maximum atomic E-state index is 11.9. The summed E-state index contributed by atoms with van der Waals surface area (Å²) in [7, 11) is 1.71. The lowest BCUT2D eigenvalue weighted by molar-refractivity contribution is -0.122. The summed E-state index contributed by atoms with van der Waals surface area (Å²) in [5, 5.41) is 5.26. The smallest absolute Gasteiger partial charge is 0.228 e. The first-order valence-electron chi connectivity index (χ1n) is 6.07. The number of amides is 1. The minimum absolute atomic E-state index is 0.0230. The molecule has 1 unspecified atom stereocenters. The minimum Gasteiger partial charge on any atom is -0.370 e. The predicted octanol–water partition coefficient (Wildman–Crippen LogP) is -0.343. The van der Waals surface area contributed by atoms with E-state index < -0.39 is 0 Å². The first-order valence-corrected chi connectivity index (χ1v) is 6.07. The van der Waals surface area contributed by atoms with Crippen molar-refractivity contribution in [1.82, 2.24) is 10.2 Å². The first kappa shape index (κ1) is 10.4. The molecule has 2 aliphatic rings. The van der Waals surface area contributed by atoms with Gasteiger partial charge in [-0.15, -0.1) is 0 Å². The number of carbonyl (C=O) groups excluding carboxylic acids is 1. The summed E-state index contributed by atoms with van der Waals surface area (Å²) >= 11 is 0. The summed E-state index contributed by atoms with van der Waals surface area (Å²) < 4.78 is 0. The van der Waals surface area contributed by atoms with Gasteiger partial charge in [-0.1, -0.05) is 30.3 Å². The van der Waals surface area contributed by atoms with Crippen LogP contribution in [0.1, 0.15) is 6.42 Å². The van der Waals surface area contributed by atoms with Crippen molar-refractivity contribution in [3.8, 4) is 0 Å². The highest BCUT2D eigenvalue weighted by molar-refractivity contribution is 5.88. The van der Waals surface area contributed by atoms with Crippen LogP contribution in [0.2, 0.25) is 0 Å². The van der Waals surface area contributed by atoms with Crippen molar-refractivity contribution in [3.63, 3.8) is 0 Å². The largest absolute Gasteiger partial charge is 0.370 e. The Morgan fingerprint density at radius 3 is 3.06 bits per heavy atom. The number of carbonyl (C=O) groups is 1. The van der Waals surface area contributed by atoms with Gasteiger partial charge in [0.25, 0.3) is 0 Å². The lowest BCUT2D eigenvalue weighted by Crippen LogP contribution is -2.40. The van der Waals surface area contributed by atoms with Gasteiger partial charge in [0.2, 0.25) is 5.91 Å². The Kier molecular flexibility index (Phi) is 2.39. The van der Waals surface area contributed by atoms with E-state index in [1.165, 1.54) is 16.1 Å². The molecule has 1 saturated heterocycles. The Labute approximate surface area is 100 Å². The maximum absolute atomic E-state index is 11.9. The predicted molar refractivity (Wildman–Crippen MR) is 67.3 cm³/mol. The summed E-state index contributed by atoms with van der Waals surface area (Å²) in [5.74, 6) is 0.161. The molecule has 1 amide bonds. The van der Waals surface area contributed by atoms with Crippen LogP contribution in [-0.2, 0) is 4.79 Å². The van der Waals surface area contributed by atoms with E-state index in [4.69, 9.17) is 0 Å². The van der Waals surface area contributed by atoms with E-state index in [9.17, 15) is 4.79 Å². The number of rotatable bonds is 1. The second-order valence-corrected chi connectivity index (χ2v) is 4.58. The molecule has 2 heterocycles. The summed E-state index contributed by atoms with van der Waals surface area (Å²) in [6.07, 6.45) is 3.17. The van der Waals surface area contributed by atoms with Gasteiger partial charge < -0.3 is 10.2 Å². The third-order valence-corrected chi connectivity index (χ3v) is 3.69. The molecule has 1 atom stereocenters. The highest BCUT2D eigenvalue weighted by atomic mass is 16.1. The number of benzene rings is 1. The van der Waals surface area contributed by atoms with Gasteiger partial charge in [-0.3, -0.25) is 4.79 Å². The highest BCUT2D eigenvalue weighted by Crippen LogP contribution is 2.28. The lowest BCUT2D eigenvalue weighted by atomic mass is 10.00. The fourth-order valence-corrected chi connectivity index (χ4v) is 2.86. The Hall–Kier alpha value is -1.77. The van der Waals surface area contributed by atoms with Crippen LogP contribution in [0.25, 0.3) is 11.8 Å². The zero-order chi connectivity index (χ0) is 11.8. The average Bonchev–Trinajstić information content (AvgIpc) is 2.82. The van der Waals surface area contributed by atoms with Gasteiger partial charge in [-0.25, -0.2) is 0 Å². The van der Waals surface area contributed by atoms with Crippen LogP contribution in [0.4, 0.5) is 0 Å². The van der Waals surface area contributed by atoms with Gasteiger partial charge in [0.1, 0.15) is 0 Å². The molecular weight excluding hydrogens is 212 g/mol. The zero-order valence-electron chi connectivity index (χ0n) is 9.94. The van der Waals surface area contributed by atoms with Crippen molar-refractivity contribution in [1.29, 1.82) is 0 Å². The third kappa shape index (κ3) is 1.54. The Bertz CT molecular complexity index is 576. The monoisotopic (exact) mass is 228 g/mol. The quantitative estimate of drug-likeness (QED) is 0.713. The van der Waals surface area contributed by atoms with Crippen molar-refractivity contribution in [3.05, 3.63) is 34.7 Å². The molecule has 17 heavy (non-hydrogen) atoms. The Morgan fingerprint density at radius 2 is 2.24 bits per heavy atom. The molecule has 3 nitrogen and oxygen atoms in total. The standard InChI is InChI=1S/C14H16N2O/c1-15-14(17)12-7-9-16-8-6-10-4-2-3-5-11(10)13(12)16/h2-6,12H,7-9H2,1H3,(H,15,17). The fraction of sp³-hybridized carbons (Fsp3) is 0.357. The van der Waals surface area contributed by atoms with Crippen LogP contribution in [0.5, 0.6) is 0 Å². The van der Waals surface area contributed by atoms with E-state index in [-0.39, 0.29) is 11.8 Å². The molecular formula is C14H16N2O. The van der Waals surface area contributed by atoms with Crippen LogP contribution >= 0.6 is 0 Å². The molecule has 1 fully saturated rings. The summed E-state index contributed by atoms with van der Waals surface area (Å²) in [6.45, 7) is 1.91. The summed E-state index contributed by atoms with van der Waals surface area (Å²) in [5.41, 5.74) is 1.21. The molecule has 2 aliphatic heterocycles. The molecule has 0 radical (unpaired) electrons. The van der Waals surface area contributed by atoms with Crippen molar-refractivity contribution < 1.29 is 4.79 Å². The topological polar surface area (TPSA) is 32.3 Å².